The fourth-order valence-electron chi connectivity index (χ4n) is 1.95. The Balaban J connectivity index is 2.04. The largest absolute Gasteiger partial charge is 0.341 e. The van der Waals surface area contributed by atoms with Crippen LogP contribution in [0.4, 0.5) is 0 Å². The van der Waals surface area contributed by atoms with Crippen molar-refractivity contribution < 1.29 is 0 Å². The minimum Gasteiger partial charge on any atom is -0.341 e. The molecule has 2 heterocycles. The van der Waals surface area contributed by atoms with Crippen LogP contribution < -0.4 is 0 Å². The van der Waals surface area contributed by atoms with E-state index in [0.29, 0.717) is 0 Å². The number of fused-ring (bicyclic) bond motifs is 1. The maximum atomic E-state index is 4.31. The first kappa shape index (κ1) is 9.60. The molecule has 0 spiro atoms. The van der Waals surface area contributed by atoms with Gasteiger partial charge in [0.05, 0.1) is 17.7 Å². The third-order valence-corrected chi connectivity index (χ3v) is 3.38. The molecule has 3 heteroatoms. The lowest BCUT2D eigenvalue weighted by Gasteiger charge is -2.03. The number of hydrogen-bond donors (Lipinski definition) is 0. The van der Waals surface area contributed by atoms with E-state index in [0.717, 1.165) is 12.2 Å². The van der Waals surface area contributed by atoms with Crippen LogP contribution in [0.5, 0.6) is 0 Å². The van der Waals surface area contributed by atoms with Crippen molar-refractivity contribution in [2.24, 2.45) is 0 Å². The molecule has 0 saturated heterocycles. The number of rotatable bonds is 2. The second-order valence-electron chi connectivity index (χ2n) is 3.99. The molecule has 0 unspecified atom stereocenters. The lowest BCUT2D eigenvalue weighted by Crippen LogP contribution is -1.97. The monoisotopic (exact) mass is 228 g/mol. The number of benzene rings is 1. The molecule has 0 fully saturated rings. The van der Waals surface area contributed by atoms with E-state index >= 15 is 0 Å². The highest BCUT2D eigenvalue weighted by atomic mass is 32.1. The predicted molar refractivity (Wildman–Crippen MR) is 67.9 cm³/mol. The molecule has 0 radical (unpaired) electrons. The van der Waals surface area contributed by atoms with Gasteiger partial charge in [-0.3, -0.25) is 0 Å². The van der Waals surface area contributed by atoms with Crippen molar-refractivity contribution in [2.45, 2.75) is 13.5 Å². The van der Waals surface area contributed by atoms with E-state index in [1.165, 1.54) is 16.5 Å². The summed E-state index contributed by atoms with van der Waals surface area (Å²) in [6, 6.07) is 8.71. The minimum atomic E-state index is 0.857. The fourth-order valence-corrected chi connectivity index (χ4v) is 2.50. The van der Waals surface area contributed by atoms with Crippen molar-refractivity contribution >= 4 is 22.2 Å². The smallest absolute Gasteiger partial charge is 0.0795 e. The van der Waals surface area contributed by atoms with Crippen LogP contribution in [0.1, 0.15) is 11.3 Å². The maximum Gasteiger partial charge on any atom is 0.0795 e. The van der Waals surface area contributed by atoms with Gasteiger partial charge in [-0.1, -0.05) is 11.6 Å². The molecule has 0 atom stereocenters. The molecule has 3 aromatic rings. The summed E-state index contributed by atoms with van der Waals surface area (Å²) in [5.41, 5.74) is 5.59. The van der Waals surface area contributed by atoms with Gasteiger partial charge in [0.15, 0.2) is 0 Å². The van der Waals surface area contributed by atoms with E-state index < -0.39 is 0 Å². The molecule has 80 valence electrons. The van der Waals surface area contributed by atoms with Crippen LogP contribution >= 0.6 is 11.3 Å². The normalized spacial score (nSPS) is 11.1. The lowest BCUT2D eigenvalue weighted by molar-refractivity contribution is 0.814. The zero-order valence-corrected chi connectivity index (χ0v) is 9.87. The molecular formula is C13H12N2S. The highest BCUT2D eigenvalue weighted by Gasteiger charge is 2.02. The van der Waals surface area contributed by atoms with Crippen LogP contribution in [-0.4, -0.2) is 9.55 Å². The molecule has 1 aromatic carbocycles. The number of aryl methyl sites for hydroxylation is 1. The second kappa shape index (κ2) is 3.76. The van der Waals surface area contributed by atoms with Crippen molar-refractivity contribution in [2.75, 3.05) is 0 Å². The Kier molecular flexibility index (Phi) is 2.26. The molecule has 0 bridgehead atoms. The van der Waals surface area contributed by atoms with Crippen molar-refractivity contribution in [3.63, 3.8) is 0 Å². The summed E-state index contributed by atoms with van der Waals surface area (Å²) in [6.45, 7) is 2.98. The maximum absolute atomic E-state index is 4.31. The molecule has 0 saturated carbocycles. The summed E-state index contributed by atoms with van der Waals surface area (Å²) < 4.78 is 2.24. The zero-order valence-electron chi connectivity index (χ0n) is 9.05. The van der Waals surface area contributed by atoms with Gasteiger partial charge < -0.3 is 4.57 Å². The van der Waals surface area contributed by atoms with E-state index in [-0.39, 0.29) is 0 Å². The van der Waals surface area contributed by atoms with Crippen LogP contribution in [-0.2, 0) is 6.54 Å². The lowest BCUT2D eigenvalue weighted by atomic mass is 10.2. The first-order valence-corrected chi connectivity index (χ1v) is 6.20. The number of hydrogen-bond acceptors (Lipinski definition) is 2. The SMILES string of the molecule is Cc1ccc2c(ccn2Cc2cscn2)c1. The molecule has 2 nitrogen and oxygen atoms in total. The molecule has 0 aliphatic heterocycles. The van der Waals surface area contributed by atoms with Crippen LogP contribution in [0.15, 0.2) is 41.4 Å². The average molecular weight is 228 g/mol. The van der Waals surface area contributed by atoms with Crippen LogP contribution in [0, 0.1) is 6.92 Å². The van der Waals surface area contributed by atoms with Gasteiger partial charge in [-0.15, -0.1) is 11.3 Å². The highest BCUT2D eigenvalue weighted by Crippen LogP contribution is 2.18. The van der Waals surface area contributed by atoms with E-state index in [2.05, 4.69) is 52.3 Å². The standard InChI is InChI=1S/C13H12N2S/c1-10-2-3-13-11(6-10)4-5-15(13)7-12-8-16-9-14-12/h2-6,8-9H,7H2,1H3. The van der Waals surface area contributed by atoms with Crippen LogP contribution in [0.3, 0.4) is 0 Å². The van der Waals surface area contributed by atoms with Gasteiger partial charge in [0.2, 0.25) is 0 Å². The van der Waals surface area contributed by atoms with Gasteiger partial charge in [-0.05, 0) is 30.5 Å². The summed E-state index contributed by atoms with van der Waals surface area (Å²) in [6.07, 6.45) is 2.13. The first-order chi connectivity index (χ1) is 7.83. The zero-order chi connectivity index (χ0) is 11.0. The van der Waals surface area contributed by atoms with Crippen molar-refractivity contribution in [1.29, 1.82) is 0 Å². The molecule has 3 rings (SSSR count). The van der Waals surface area contributed by atoms with E-state index in [9.17, 15) is 0 Å². The summed E-state index contributed by atoms with van der Waals surface area (Å²) in [5.74, 6) is 0. The van der Waals surface area contributed by atoms with E-state index in [1.807, 2.05) is 5.51 Å². The van der Waals surface area contributed by atoms with Gasteiger partial charge in [0.1, 0.15) is 0 Å². The first-order valence-electron chi connectivity index (χ1n) is 5.25. The van der Waals surface area contributed by atoms with E-state index in [1.54, 1.807) is 11.3 Å². The van der Waals surface area contributed by atoms with Crippen molar-refractivity contribution in [3.05, 3.63) is 52.6 Å². The van der Waals surface area contributed by atoms with E-state index in [4.69, 9.17) is 0 Å². The third-order valence-electron chi connectivity index (χ3n) is 2.74. The Labute approximate surface area is 98.2 Å². The molecule has 2 aromatic heterocycles. The van der Waals surface area contributed by atoms with Gasteiger partial charge in [-0.25, -0.2) is 4.98 Å². The van der Waals surface area contributed by atoms with Crippen LogP contribution in [0.25, 0.3) is 10.9 Å². The Morgan fingerprint density at radius 1 is 1.31 bits per heavy atom. The van der Waals surface area contributed by atoms with Gasteiger partial charge in [-0.2, -0.15) is 0 Å². The molecule has 16 heavy (non-hydrogen) atoms. The van der Waals surface area contributed by atoms with Crippen molar-refractivity contribution in [1.82, 2.24) is 9.55 Å². The Bertz CT molecular complexity index is 608. The predicted octanol–water partition coefficient (Wildman–Crippen LogP) is 3.45. The van der Waals surface area contributed by atoms with Crippen LogP contribution in [0.2, 0.25) is 0 Å². The third kappa shape index (κ3) is 1.63. The Hall–Kier alpha value is -1.61. The topological polar surface area (TPSA) is 17.8 Å². The molecular weight excluding hydrogens is 216 g/mol. The fraction of sp³-hybridized carbons (Fsp3) is 0.154. The molecule has 0 aliphatic carbocycles. The summed E-state index contributed by atoms with van der Waals surface area (Å²) in [5, 5.41) is 3.40. The number of nitrogens with zero attached hydrogens (tertiary/aromatic N) is 2. The highest BCUT2D eigenvalue weighted by molar-refractivity contribution is 7.07. The van der Waals surface area contributed by atoms with Gasteiger partial charge in [0.25, 0.3) is 0 Å². The molecule has 0 aliphatic rings. The molecule has 0 amide bonds. The number of aromatic nitrogens is 2. The molecule has 0 N–H and O–H groups in total. The average Bonchev–Trinajstić information content (AvgIpc) is 2.89. The van der Waals surface area contributed by atoms with Gasteiger partial charge in [0, 0.05) is 17.1 Å². The Morgan fingerprint density at radius 2 is 2.25 bits per heavy atom. The summed E-state index contributed by atoms with van der Waals surface area (Å²) in [7, 11) is 0. The number of thiazole rings is 1. The second-order valence-corrected chi connectivity index (χ2v) is 4.70. The summed E-state index contributed by atoms with van der Waals surface area (Å²) >= 11 is 1.64. The minimum absolute atomic E-state index is 0.857. The van der Waals surface area contributed by atoms with Gasteiger partial charge >= 0.3 is 0 Å². The Morgan fingerprint density at radius 3 is 3.06 bits per heavy atom. The summed E-state index contributed by atoms with van der Waals surface area (Å²) in [4.78, 5) is 4.31. The van der Waals surface area contributed by atoms with Crippen molar-refractivity contribution in [3.8, 4) is 0 Å². The quantitative estimate of drug-likeness (QED) is 0.657.